The van der Waals surface area contributed by atoms with Gasteiger partial charge >= 0.3 is 5.97 Å². The van der Waals surface area contributed by atoms with Gasteiger partial charge in [-0.3, -0.25) is 4.79 Å². The molecule has 2 bridgehead atoms. The molecule has 56 valence electrons. The first-order valence-corrected chi connectivity index (χ1v) is 3.65. The van der Waals surface area contributed by atoms with Crippen molar-refractivity contribution in [2.45, 2.75) is 31.5 Å². The SMILES string of the molecule is O=C(O)[C@@H]1C[C@H]2CC[C@H]1O2. The van der Waals surface area contributed by atoms with Crippen LogP contribution in [-0.4, -0.2) is 23.3 Å². The van der Waals surface area contributed by atoms with E-state index in [1.165, 1.54) is 0 Å². The summed E-state index contributed by atoms with van der Waals surface area (Å²) >= 11 is 0. The van der Waals surface area contributed by atoms with Crippen LogP contribution in [0, 0.1) is 5.92 Å². The van der Waals surface area contributed by atoms with Crippen molar-refractivity contribution in [3.63, 3.8) is 0 Å². The zero-order valence-electron chi connectivity index (χ0n) is 5.62. The molecular formula is C7H10O3. The van der Waals surface area contributed by atoms with Gasteiger partial charge in [0.2, 0.25) is 0 Å². The van der Waals surface area contributed by atoms with Gasteiger partial charge in [-0.05, 0) is 19.3 Å². The van der Waals surface area contributed by atoms with Gasteiger partial charge in [-0.15, -0.1) is 0 Å². The normalized spacial score (nSPS) is 44.2. The lowest BCUT2D eigenvalue weighted by Gasteiger charge is -2.12. The Hall–Kier alpha value is -0.570. The van der Waals surface area contributed by atoms with Crippen LogP contribution in [0.4, 0.5) is 0 Å². The van der Waals surface area contributed by atoms with Gasteiger partial charge in [0.05, 0.1) is 18.1 Å². The van der Waals surface area contributed by atoms with Crippen molar-refractivity contribution < 1.29 is 14.6 Å². The fourth-order valence-electron chi connectivity index (χ4n) is 1.90. The molecule has 2 rings (SSSR count). The molecule has 0 amide bonds. The van der Waals surface area contributed by atoms with E-state index in [9.17, 15) is 4.79 Å². The highest BCUT2D eigenvalue weighted by Gasteiger charge is 2.44. The van der Waals surface area contributed by atoms with E-state index < -0.39 is 5.97 Å². The molecule has 0 unspecified atom stereocenters. The van der Waals surface area contributed by atoms with Crippen LogP contribution in [0.2, 0.25) is 0 Å². The Labute approximate surface area is 59.0 Å². The van der Waals surface area contributed by atoms with E-state index in [2.05, 4.69) is 0 Å². The standard InChI is InChI=1S/C7H10O3/c8-7(9)5-3-4-1-2-6(5)10-4/h4-6H,1-3H2,(H,8,9)/t4-,5-,6-/m1/s1. The van der Waals surface area contributed by atoms with E-state index in [1.54, 1.807) is 0 Å². The van der Waals surface area contributed by atoms with Crippen molar-refractivity contribution in [2.24, 2.45) is 5.92 Å². The van der Waals surface area contributed by atoms with E-state index in [-0.39, 0.29) is 18.1 Å². The topological polar surface area (TPSA) is 46.5 Å². The lowest BCUT2D eigenvalue weighted by atomic mass is 9.89. The lowest BCUT2D eigenvalue weighted by Crippen LogP contribution is -2.24. The molecule has 3 nitrogen and oxygen atoms in total. The molecule has 0 spiro atoms. The predicted molar refractivity (Wildman–Crippen MR) is 33.6 cm³/mol. The second-order valence-corrected chi connectivity index (χ2v) is 3.05. The summed E-state index contributed by atoms with van der Waals surface area (Å²) in [6.07, 6.45) is 3.03. The third kappa shape index (κ3) is 0.736. The van der Waals surface area contributed by atoms with E-state index in [0.29, 0.717) is 0 Å². The summed E-state index contributed by atoms with van der Waals surface area (Å²) in [7, 11) is 0. The van der Waals surface area contributed by atoms with Crippen LogP contribution in [0.1, 0.15) is 19.3 Å². The molecule has 1 N–H and O–H groups in total. The van der Waals surface area contributed by atoms with Crippen LogP contribution < -0.4 is 0 Å². The molecule has 2 aliphatic rings. The Bertz CT molecular complexity index is 166. The molecule has 2 aliphatic heterocycles. The summed E-state index contributed by atoms with van der Waals surface area (Å²) in [5.41, 5.74) is 0. The Balaban J connectivity index is 2.08. The first kappa shape index (κ1) is 6.16. The van der Waals surface area contributed by atoms with Gasteiger partial charge in [0.1, 0.15) is 0 Å². The molecule has 0 aliphatic carbocycles. The molecule has 0 radical (unpaired) electrons. The smallest absolute Gasteiger partial charge is 0.309 e. The average Bonchev–Trinajstić information content (AvgIpc) is 2.44. The first-order chi connectivity index (χ1) is 4.77. The van der Waals surface area contributed by atoms with Gasteiger partial charge < -0.3 is 9.84 Å². The summed E-state index contributed by atoms with van der Waals surface area (Å²) in [4.78, 5) is 10.5. The lowest BCUT2D eigenvalue weighted by molar-refractivity contribution is -0.143. The Morgan fingerprint density at radius 2 is 2.30 bits per heavy atom. The van der Waals surface area contributed by atoms with Gasteiger partial charge in [0, 0.05) is 0 Å². The molecule has 0 aromatic rings. The molecular weight excluding hydrogens is 132 g/mol. The summed E-state index contributed by atoms with van der Waals surface area (Å²) in [5.74, 6) is -0.897. The van der Waals surface area contributed by atoms with Crippen molar-refractivity contribution in [3.8, 4) is 0 Å². The summed E-state index contributed by atoms with van der Waals surface area (Å²) in [5, 5.41) is 8.66. The second kappa shape index (κ2) is 1.95. The van der Waals surface area contributed by atoms with Gasteiger partial charge in [0.25, 0.3) is 0 Å². The van der Waals surface area contributed by atoms with Crippen LogP contribution in [-0.2, 0) is 9.53 Å². The van der Waals surface area contributed by atoms with Crippen LogP contribution >= 0.6 is 0 Å². The van der Waals surface area contributed by atoms with Gasteiger partial charge in [-0.25, -0.2) is 0 Å². The maximum atomic E-state index is 10.5. The molecule has 10 heavy (non-hydrogen) atoms. The first-order valence-electron chi connectivity index (χ1n) is 3.65. The maximum absolute atomic E-state index is 10.5. The Morgan fingerprint density at radius 3 is 2.60 bits per heavy atom. The maximum Gasteiger partial charge on any atom is 0.309 e. The Kier molecular flexibility index (Phi) is 1.20. The quantitative estimate of drug-likeness (QED) is 0.584. The zero-order chi connectivity index (χ0) is 7.14. The van der Waals surface area contributed by atoms with Crippen molar-refractivity contribution >= 4 is 5.97 Å². The minimum absolute atomic E-state index is 0.0301. The minimum Gasteiger partial charge on any atom is -0.481 e. The molecule has 0 saturated carbocycles. The summed E-state index contributed by atoms with van der Waals surface area (Å²) in [6.45, 7) is 0. The number of hydrogen-bond donors (Lipinski definition) is 1. The van der Waals surface area contributed by atoms with Crippen LogP contribution in [0.15, 0.2) is 0 Å². The second-order valence-electron chi connectivity index (χ2n) is 3.05. The third-order valence-electron chi connectivity index (χ3n) is 2.42. The van der Waals surface area contributed by atoms with Crippen molar-refractivity contribution in [2.75, 3.05) is 0 Å². The highest BCUT2D eigenvalue weighted by molar-refractivity contribution is 5.71. The molecule has 2 saturated heterocycles. The molecule has 2 fully saturated rings. The van der Waals surface area contributed by atoms with E-state index in [4.69, 9.17) is 9.84 Å². The van der Waals surface area contributed by atoms with Gasteiger partial charge in [-0.2, -0.15) is 0 Å². The van der Waals surface area contributed by atoms with Crippen molar-refractivity contribution in [3.05, 3.63) is 0 Å². The Morgan fingerprint density at radius 1 is 1.50 bits per heavy atom. The monoisotopic (exact) mass is 142 g/mol. The summed E-state index contributed by atoms with van der Waals surface area (Å²) in [6, 6.07) is 0. The van der Waals surface area contributed by atoms with Crippen LogP contribution in [0.3, 0.4) is 0 Å². The number of rotatable bonds is 1. The third-order valence-corrected chi connectivity index (χ3v) is 2.42. The van der Waals surface area contributed by atoms with Gasteiger partial charge in [-0.1, -0.05) is 0 Å². The van der Waals surface area contributed by atoms with Crippen molar-refractivity contribution in [1.29, 1.82) is 0 Å². The number of carboxylic acids is 1. The number of ether oxygens (including phenoxy) is 1. The predicted octanol–water partition coefficient (Wildman–Crippen LogP) is 0.639. The average molecular weight is 142 g/mol. The largest absolute Gasteiger partial charge is 0.481 e. The van der Waals surface area contributed by atoms with Crippen molar-refractivity contribution in [1.82, 2.24) is 0 Å². The van der Waals surface area contributed by atoms with E-state index in [0.717, 1.165) is 19.3 Å². The molecule has 3 heteroatoms. The van der Waals surface area contributed by atoms with E-state index in [1.807, 2.05) is 0 Å². The number of hydrogen-bond acceptors (Lipinski definition) is 2. The number of carboxylic acid groups (broad SMARTS) is 1. The molecule has 0 aromatic carbocycles. The van der Waals surface area contributed by atoms with Crippen LogP contribution in [0.5, 0.6) is 0 Å². The van der Waals surface area contributed by atoms with Crippen LogP contribution in [0.25, 0.3) is 0 Å². The number of fused-ring (bicyclic) bond motifs is 2. The number of aliphatic carboxylic acids is 1. The molecule has 0 aromatic heterocycles. The highest BCUT2D eigenvalue weighted by Crippen LogP contribution is 2.38. The summed E-state index contributed by atoms with van der Waals surface area (Å²) < 4.78 is 5.37. The fraction of sp³-hybridized carbons (Fsp3) is 0.857. The fourth-order valence-corrected chi connectivity index (χ4v) is 1.90. The molecule has 2 heterocycles. The van der Waals surface area contributed by atoms with Gasteiger partial charge in [0.15, 0.2) is 0 Å². The minimum atomic E-state index is -0.688. The zero-order valence-corrected chi connectivity index (χ0v) is 5.62. The van der Waals surface area contributed by atoms with E-state index >= 15 is 0 Å². The number of carbonyl (C=O) groups is 1. The highest BCUT2D eigenvalue weighted by atomic mass is 16.5. The molecule has 3 atom stereocenters.